The molecule has 5 aromatic rings. The van der Waals surface area contributed by atoms with Crippen LogP contribution in [-0.4, -0.2) is 26.3 Å². The zero-order valence-corrected chi connectivity index (χ0v) is 19.5. The lowest BCUT2D eigenvalue weighted by atomic mass is 9.88. The lowest BCUT2D eigenvalue weighted by Gasteiger charge is -2.18. The topological polar surface area (TPSA) is 103 Å². The predicted octanol–water partition coefficient (Wildman–Crippen LogP) is 4.66. The molecule has 1 unspecified atom stereocenters. The van der Waals surface area contributed by atoms with Gasteiger partial charge < -0.3 is 15.6 Å². The van der Waals surface area contributed by atoms with Crippen LogP contribution in [0.5, 0.6) is 0 Å². The molecule has 0 fully saturated rings. The molecule has 0 spiro atoms. The molecule has 1 aliphatic carbocycles. The minimum absolute atomic E-state index is 0.0498. The van der Waals surface area contributed by atoms with Crippen LogP contribution in [0.1, 0.15) is 34.1 Å². The molecular weight excluding hydrogens is 446 g/mol. The van der Waals surface area contributed by atoms with E-state index < -0.39 is 5.91 Å². The summed E-state index contributed by atoms with van der Waals surface area (Å²) in [5.41, 5.74) is 11.1. The molecule has 3 heterocycles. The van der Waals surface area contributed by atoms with Crippen molar-refractivity contribution in [1.82, 2.24) is 14.5 Å². The highest BCUT2D eigenvalue weighted by Gasteiger charge is 2.27. The number of benzene rings is 2. The Kier molecular flexibility index (Phi) is 4.84. The van der Waals surface area contributed by atoms with Crippen LogP contribution in [0.15, 0.2) is 48.5 Å². The number of carbonyl (C=O) groups is 2. The van der Waals surface area contributed by atoms with Crippen molar-refractivity contribution in [1.29, 1.82) is 0 Å². The minimum atomic E-state index is -0.489. The van der Waals surface area contributed by atoms with Crippen molar-refractivity contribution in [3.8, 4) is 0 Å². The molecule has 3 aromatic heterocycles. The highest BCUT2D eigenvalue weighted by molar-refractivity contribution is 7.17. The van der Waals surface area contributed by atoms with E-state index in [1.807, 2.05) is 53.1 Å². The van der Waals surface area contributed by atoms with Gasteiger partial charge in [-0.1, -0.05) is 37.3 Å². The summed E-state index contributed by atoms with van der Waals surface area (Å²) in [7, 11) is 0. The normalized spacial score (nSPS) is 15.6. The number of hydrogen-bond donors (Lipinski definition) is 2. The molecule has 2 aromatic carbocycles. The third-order valence-corrected chi connectivity index (χ3v) is 7.74. The summed E-state index contributed by atoms with van der Waals surface area (Å²) in [6, 6.07) is 15.6. The van der Waals surface area contributed by atoms with Crippen LogP contribution in [0, 0.1) is 5.92 Å². The molecule has 6 rings (SSSR count). The molecule has 8 heteroatoms. The van der Waals surface area contributed by atoms with E-state index in [0.717, 1.165) is 57.2 Å². The van der Waals surface area contributed by atoms with Gasteiger partial charge in [-0.25, -0.2) is 9.97 Å². The SMILES string of the molecule is CC1CCc2c(sc(NC(=O)Cn3c4ccccc4c4nc5ccccc5nc43)c2C(N)=O)C1. The van der Waals surface area contributed by atoms with E-state index in [0.29, 0.717) is 22.1 Å². The van der Waals surface area contributed by atoms with Crippen molar-refractivity contribution in [3.05, 3.63) is 64.5 Å². The van der Waals surface area contributed by atoms with Gasteiger partial charge in [0.2, 0.25) is 5.91 Å². The number of thiophene rings is 1. The summed E-state index contributed by atoms with van der Waals surface area (Å²) in [5.74, 6) is -0.162. The molecule has 0 bridgehead atoms. The van der Waals surface area contributed by atoms with Crippen molar-refractivity contribution in [3.63, 3.8) is 0 Å². The number of nitrogens with two attached hydrogens (primary N) is 1. The molecule has 0 radical (unpaired) electrons. The Morgan fingerprint density at radius 3 is 2.65 bits per heavy atom. The van der Waals surface area contributed by atoms with Crippen molar-refractivity contribution in [2.45, 2.75) is 32.7 Å². The van der Waals surface area contributed by atoms with Crippen LogP contribution < -0.4 is 11.1 Å². The zero-order chi connectivity index (χ0) is 23.4. The van der Waals surface area contributed by atoms with Gasteiger partial charge in [0.25, 0.3) is 5.91 Å². The lowest BCUT2D eigenvalue weighted by molar-refractivity contribution is -0.116. The van der Waals surface area contributed by atoms with Crippen molar-refractivity contribution >= 4 is 61.3 Å². The number of nitrogens with zero attached hydrogens (tertiary/aromatic N) is 3. The van der Waals surface area contributed by atoms with Crippen LogP contribution >= 0.6 is 11.3 Å². The van der Waals surface area contributed by atoms with Crippen LogP contribution in [-0.2, 0) is 24.2 Å². The first-order chi connectivity index (χ1) is 16.5. The monoisotopic (exact) mass is 469 g/mol. The van der Waals surface area contributed by atoms with Crippen molar-refractivity contribution < 1.29 is 9.59 Å². The number of fused-ring (bicyclic) bond motifs is 5. The quantitative estimate of drug-likeness (QED) is 0.399. The number of primary amides is 1. The molecule has 0 aliphatic heterocycles. The predicted molar refractivity (Wildman–Crippen MR) is 135 cm³/mol. The zero-order valence-electron chi connectivity index (χ0n) is 18.7. The van der Waals surface area contributed by atoms with Crippen LogP contribution in [0.3, 0.4) is 0 Å². The Hall–Kier alpha value is -3.78. The van der Waals surface area contributed by atoms with Gasteiger partial charge in [0.15, 0.2) is 5.65 Å². The first-order valence-electron chi connectivity index (χ1n) is 11.4. The molecule has 170 valence electrons. The molecular formula is C26H23N5O2S. The molecule has 0 saturated carbocycles. The van der Waals surface area contributed by atoms with E-state index in [1.165, 1.54) is 11.3 Å². The first kappa shape index (κ1) is 20.8. The standard InChI is InChI=1S/C26H23N5O2S/c1-14-10-11-16-20(12-14)34-26(22(16)24(27)33)30-21(32)13-31-19-9-5-2-6-15(19)23-25(31)29-18-8-4-3-7-17(18)28-23/h2-9,14H,10-13H2,1H3,(H2,27,33)(H,30,32). The second kappa shape index (κ2) is 7.92. The number of hydrogen-bond acceptors (Lipinski definition) is 5. The second-order valence-electron chi connectivity index (χ2n) is 8.96. The van der Waals surface area contributed by atoms with Gasteiger partial charge in [-0.05, 0) is 48.9 Å². The molecule has 2 amide bonds. The number of anilines is 1. The molecule has 3 N–H and O–H groups in total. The van der Waals surface area contributed by atoms with E-state index in [1.54, 1.807) is 0 Å². The summed E-state index contributed by atoms with van der Waals surface area (Å²) in [6.45, 7) is 2.26. The summed E-state index contributed by atoms with van der Waals surface area (Å²) >= 11 is 1.47. The third-order valence-electron chi connectivity index (χ3n) is 6.57. The van der Waals surface area contributed by atoms with Crippen molar-refractivity contribution in [2.75, 3.05) is 5.32 Å². The number of aromatic nitrogens is 3. The molecule has 0 saturated heterocycles. The Labute approximate surface area is 199 Å². The van der Waals surface area contributed by atoms with E-state index in [4.69, 9.17) is 15.7 Å². The highest BCUT2D eigenvalue weighted by atomic mass is 32.1. The maximum Gasteiger partial charge on any atom is 0.251 e. The summed E-state index contributed by atoms with van der Waals surface area (Å²) in [5, 5.41) is 4.47. The summed E-state index contributed by atoms with van der Waals surface area (Å²) in [6.07, 6.45) is 2.74. The van der Waals surface area contributed by atoms with Gasteiger partial charge in [0.1, 0.15) is 17.1 Å². The van der Waals surface area contributed by atoms with Gasteiger partial charge in [-0.15, -0.1) is 11.3 Å². The molecule has 1 atom stereocenters. The fraction of sp³-hybridized carbons (Fsp3) is 0.231. The number of nitrogens with one attached hydrogen (secondary N) is 1. The second-order valence-corrected chi connectivity index (χ2v) is 10.1. The van der Waals surface area contributed by atoms with Gasteiger partial charge in [-0.2, -0.15) is 0 Å². The Bertz CT molecular complexity index is 1620. The van der Waals surface area contributed by atoms with Gasteiger partial charge in [-0.3, -0.25) is 9.59 Å². The maximum absolute atomic E-state index is 13.3. The average molecular weight is 470 g/mol. The van der Waals surface area contributed by atoms with Gasteiger partial charge >= 0.3 is 0 Å². The Balaban J connectivity index is 1.41. The Morgan fingerprint density at radius 2 is 1.85 bits per heavy atom. The van der Waals surface area contributed by atoms with E-state index in [-0.39, 0.29) is 12.5 Å². The third kappa shape index (κ3) is 3.33. The lowest BCUT2D eigenvalue weighted by Crippen LogP contribution is -2.22. The van der Waals surface area contributed by atoms with Crippen LogP contribution in [0.2, 0.25) is 0 Å². The van der Waals surface area contributed by atoms with Gasteiger partial charge in [0.05, 0.1) is 22.1 Å². The molecule has 1 aliphatic rings. The number of carbonyl (C=O) groups excluding carboxylic acids is 2. The highest BCUT2D eigenvalue weighted by Crippen LogP contribution is 2.39. The van der Waals surface area contributed by atoms with E-state index in [9.17, 15) is 9.59 Å². The number of rotatable bonds is 4. The maximum atomic E-state index is 13.3. The summed E-state index contributed by atoms with van der Waals surface area (Å²) < 4.78 is 1.89. The fourth-order valence-electron chi connectivity index (χ4n) is 4.95. The van der Waals surface area contributed by atoms with Gasteiger partial charge in [0, 0.05) is 10.3 Å². The largest absolute Gasteiger partial charge is 0.365 e. The number of para-hydroxylation sites is 3. The smallest absolute Gasteiger partial charge is 0.251 e. The molecule has 7 nitrogen and oxygen atoms in total. The average Bonchev–Trinajstić information content (AvgIpc) is 3.32. The Morgan fingerprint density at radius 1 is 1.12 bits per heavy atom. The fourth-order valence-corrected chi connectivity index (χ4v) is 6.38. The molecule has 34 heavy (non-hydrogen) atoms. The van der Waals surface area contributed by atoms with Crippen molar-refractivity contribution in [2.24, 2.45) is 11.7 Å². The number of amides is 2. The van der Waals surface area contributed by atoms with E-state index in [2.05, 4.69) is 12.2 Å². The first-order valence-corrected chi connectivity index (χ1v) is 12.2. The van der Waals surface area contributed by atoms with Crippen LogP contribution in [0.25, 0.3) is 33.1 Å². The van der Waals surface area contributed by atoms with Crippen LogP contribution in [0.4, 0.5) is 5.00 Å². The summed E-state index contributed by atoms with van der Waals surface area (Å²) in [4.78, 5) is 36.3. The minimum Gasteiger partial charge on any atom is -0.365 e. The van der Waals surface area contributed by atoms with E-state index >= 15 is 0 Å².